The molecular weight excluding hydrogens is 418 g/mol. The maximum absolute atomic E-state index is 13.0. The Bertz CT molecular complexity index is 1330. The van der Waals surface area contributed by atoms with E-state index in [9.17, 15) is 4.79 Å². The first-order valence-corrected chi connectivity index (χ1v) is 10.7. The molecule has 0 aliphatic rings. The predicted molar refractivity (Wildman–Crippen MR) is 124 cm³/mol. The van der Waals surface area contributed by atoms with Gasteiger partial charge < -0.3 is 5.32 Å². The van der Waals surface area contributed by atoms with Gasteiger partial charge in [-0.2, -0.15) is 14.9 Å². The number of aryl methyl sites for hydroxylation is 6. The van der Waals surface area contributed by atoms with Crippen LogP contribution in [0.1, 0.15) is 45.4 Å². The number of hydrogen-bond donors (Lipinski definition) is 1. The summed E-state index contributed by atoms with van der Waals surface area (Å²) in [6.45, 7) is 13.3. The van der Waals surface area contributed by atoms with Gasteiger partial charge in [-0.25, -0.2) is 24.6 Å². The number of amides is 1. The highest BCUT2D eigenvalue weighted by Crippen LogP contribution is 2.19. The van der Waals surface area contributed by atoms with Crippen LogP contribution >= 0.6 is 0 Å². The van der Waals surface area contributed by atoms with Gasteiger partial charge in [-0.3, -0.25) is 4.79 Å². The minimum atomic E-state index is -0.187. The normalized spacial score (nSPS) is 11.1. The number of anilines is 1. The van der Waals surface area contributed by atoms with E-state index in [1.54, 1.807) is 15.4 Å². The highest BCUT2D eigenvalue weighted by Gasteiger charge is 2.19. The summed E-state index contributed by atoms with van der Waals surface area (Å²) in [6, 6.07) is 5.60. The van der Waals surface area contributed by atoms with Gasteiger partial charge in [-0.15, -0.1) is 0 Å². The lowest BCUT2D eigenvalue weighted by molar-refractivity contribution is -0.115. The Labute approximate surface area is 192 Å². The Kier molecular flexibility index (Phi) is 5.75. The van der Waals surface area contributed by atoms with Gasteiger partial charge in [0.25, 0.3) is 11.9 Å². The molecule has 0 aromatic carbocycles. The molecule has 0 aliphatic carbocycles. The molecule has 0 unspecified atom stereocenters. The first-order valence-electron chi connectivity index (χ1n) is 10.7. The summed E-state index contributed by atoms with van der Waals surface area (Å²) >= 11 is 0. The fourth-order valence-corrected chi connectivity index (χ4v) is 3.82. The number of carbonyl (C=O) groups is 1. The molecule has 4 heterocycles. The summed E-state index contributed by atoms with van der Waals surface area (Å²) in [7, 11) is 0. The van der Waals surface area contributed by atoms with Gasteiger partial charge in [0.05, 0.1) is 17.8 Å². The molecule has 0 saturated heterocycles. The highest BCUT2D eigenvalue weighted by molar-refractivity contribution is 5.92. The van der Waals surface area contributed by atoms with Crippen LogP contribution in [0.5, 0.6) is 0 Å². The Morgan fingerprint density at radius 1 is 0.727 bits per heavy atom. The van der Waals surface area contributed by atoms with Crippen molar-refractivity contribution in [2.75, 3.05) is 5.32 Å². The zero-order valence-corrected chi connectivity index (χ0v) is 19.9. The van der Waals surface area contributed by atoms with Crippen LogP contribution in [0.3, 0.4) is 0 Å². The van der Waals surface area contributed by atoms with Crippen molar-refractivity contribution in [3.8, 4) is 11.9 Å². The molecule has 33 heavy (non-hydrogen) atoms. The molecule has 10 nitrogen and oxygen atoms in total. The lowest BCUT2D eigenvalue weighted by atomic mass is 10.1. The molecule has 1 amide bonds. The largest absolute Gasteiger partial charge is 0.310 e. The van der Waals surface area contributed by atoms with Crippen molar-refractivity contribution >= 4 is 11.7 Å². The third kappa shape index (κ3) is 4.64. The predicted octanol–water partition coefficient (Wildman–Crippen LogP) is 2.98. The first-order chi connectivity index (χ1) is 15.6. The first kappa shape index (κ1) is 22.3. The Morgan fingerprint density at radius 3 is 1.79 bits per heavy atom. The van der Waals surface area contributed by atoms with Crippen LogP contribution in [0.15, 0.2) is 18.2 Å². The van der Waals surface area contributed by atoms with E-state index in [2.05, 4.69) is 35.5 Å². The molecule has 4 rings (SSSR count). The van der Waals surface area contributed by atoms with Crippen LogP contribution in [-0.4, -0.2) is 45.4 Å². The van der Waals surface area contributed by atoms with E-state index in [4.69, 9.17) is 0 Å². The van der Waals surface area contributed by atoms with Crippen molar-refractivity contribution in [2.45, 2.75) is 54.9 Å². The van der Waals surface area contributed by atoms with Crippen LogP contribution in [0.2, 0.25) is 0 Å². The van der Waals surface area contributed by atoms with E-state index in [-0.39, 0.29) is 12.3 Å². The molecule has 10 heteroatoms. The Morgan fingerprint density at radius 2 is 1.24 bits per heavy atom. The minimum Gasteiger partial charge on any atom is -0.310 e. The minimum absolute atomic E-state index is 0.153. The van der Waals surface area contributed by atoms with Crippen molar-refractivity contribution in [1.29, 1.82) is 0 Å². The molecule has 0 bridgehead atoms. The molecule has 170 valence electrons. The second kappa shape index (κ2) is 8.53. The number of hydrogen-bond acceptors (Lipinski definition) is 7. The summed E-state index contributed by atoms with van der Waals surface area (Å²) in [5, 5.41) is 12.0. The molecule has 0 saturated carbocycles. The fraction of sp³-hybridized carbons (Fsp3) is 0.348. The Hall–Kier alpha value is -3.95. The summed E-state index contributed by atoms with van der Waals surface area (Å²) in [5.41, 5.74) is 6.55. The number of carbonyl (C=O) groups excluding carboxylic acids is 1. The van der Waals surface area contributed by atoms with Gasteiger partial charge in [-0.05, 0) is 60.6 Å². The fourth-order valence-electron chi connectivity index (χ4n) is 3.82. The summed E-state index contributed by atoms with van der Waals surface area (Å²) in [5.74, 6) is 1.25. The van der Waals surface area contributed by atoms with Crippen LogP contribution in [0.4, 0.5) is 5.82 Å². The van der Waals surface area contributed by atoms with Crippen LogP contribution in [-0.2, 0) is 11.2 Å². The molecule has 0 spiro atoms. The topological polar surface area (TPSA) is 116 Å². The van der Waals surface area contributed by atoms with Crippen LogP contribution < -0.4 is 5.32 Å². The number of nitrogens with one attached hydrogen (secondary N) is 1. The molecule has 0 aliphatic heterocycles. The standard InChI is InChI=1S/C23H27N9O/c1-12-8-13(2)25-22(24-12)31-18(7)19(17(6)30-31)11-21(33)28-20-10-16(5)29-32(20)23-26-14(3)9-15(4)27-23/h8-10H,11H2,1-7H3,(H,28,33). The lowest BCUT2D eigenvalue weighted by Crippen LogP contribution is -2.19. The van der Waals surface area contributed by atoms with Crippen LogP contribution in [0.25, 0.3) is 11.9 Å². The molecule has 4 aromatic rings. The van der Waals surface area contributed by atoms with Gasteiger partial charge in [0, 0.05) is 40.1 Å². The van der Waals surface area contributed by atoms with E-state index >= 15 is 0 Å². The third-order valence-corrected chi connectivity index (χ3v) is 5.20. The van der Waals surface area contributed by atoms with E-state index in [1.807, 2.05) is 60.6 Å². The van der Waals surface area contributed by atoms with E-state index in [0.29, 0.717) is 17.7 Å². The summed E-state index contributed by atoms with van der Waals surface area (Å²) in [6.07, 6.45) is 0.153. The molecule has 0 radical (unpaired) electrons. The smallest absolute Gasteiger partial charge is 0.252 e. The maximum atomic E-state index is 13.0. The van der Waals surface area contributed by atoms with E-state index in [1.165, 1.54) is 0 Å². The van der Waals surface area contributed by atoms with Crippen molar-refractivity contribution in [3.63, 3.8) is 0 Å². The third-order valence-electron chi connectivity index (χ3n) is 5.20. The molecule has 0 fully saturated rings. The van der Waals surface area contributed by atoms with Crippen molar-refractivity contribution in [2.24, 2.45) is 0 Å². The van der Waals surface area contributed by atoms with E-state index in [0.717, 1.165) is 45.4 Å². The summed E-state index contributed by atoms with van der Waals surface area (Å²) < 4.78 is 3.25. The SMILES string of the molecule is Cc1cc(C)nc(-n2nc(C)cc2NC(=O)Cc2c(C)nn(-c3nc(C)cc(C)n3)c2C)n1. The number of aromatic nitrogens is 8. The second-order valence-corrected chi connectivity index (χ2v) is 8.27. The summed E-state index contributed by atoms with van der Waals surface area (Å²) in [4.78, 5) is 30.9. The number of rotatable bonds is 5. The lowest BCUT2D eigenvalue weighted by Gasteiger charge is -2.09. The van der Waals surface area contributed by atoms with Crippen molar-refractivity contribution in [1.82, 2.24) is 39.5 Å². The molecule has 0 atom stereocenters. The quantitative estimate of drug-likeness (QED) is 0.502. The zero-order valence-electron chi connectivity index (χ0n) is 19.9. The molecule has 1 N–H and O–H groups in total. The molecular formula is C23H27N9O. The van der Waals surface area contributed by atoms with Crippen molar-refractivity contribution in [3.05, 3.63) is 63.6 Å². The van der Waals surface area contributed by atoms with Gasteiger partial charge in [0.1, 0.15) is 5.82 Å². The van der Waals surface area contributed by atoms with Gasteiger partial charge in [0.2, 0.25) is 5.91 Å². The van der Waals surface area contributed by atoms with Crippen molar-refractivity contribution < 1.29 is 4.79 Å². The molecule has 4 aromatic heterocycles. The average molecular weight is 446 g/mol. The second-order valence-electron chi connectivity index (χ2n) is 8.27. The highest BCUT2D eigenvalue weighted by atomic mass is 16.1. The van der Waals surface area contributed by atoms with Crippen LogP contribution in [0, 0.1) is 48.5 Å². The zero-order chi connectivity index (χ0) is 23.9. The maximum Gasteiger partial charge on any atom is 0.252 e. The van der Waals surface area contributed by atoms with Gasteiger partial charge in [-0.1, -0.05) is 0 Å². The average Bonchev–Trinajstić information content (AvgIpc) is 3.20. The van der Waals surface area contributed by atoms with Gasteiger partial charge >= 0.3 is 0 Å². The van der Waals surface area contributed by atoms with Gasteiger partial charge in [0.15, 0.2) is 0 Å². The Balaban J connectivity index is 1.60. The van der Waals surface area contributed by atoms with E-state index < -0.39 is 0 Å². The number of nitrogens with zero attached hydrogens (tertiary/aromatic N) is 8. The monoisotopic (exact) mass is 445 g/mol.